The maximum absolute atomic E-state index is 13.8. The third kappa shape index (κ3) is 5.03. The summed E-state index contributed by atoms with van der Waals surface area (Å²) in [5.74, 6) is -0.687. The first-order chi connectivity index (χ1) is 16.2. The number of aliphatic hydroxyl groups is 2. The fraction of sp³-hybridized carbons (Fsp3) is 0.227. The molecule has 2 aromatic carbocycles. The lowest BCUT2D eigenvalue weighted by atomic mass is 10.1. The lowest BCUT2D eigenvalue weighted by Gasteiger charge is -2.15. The molecule has 1 atom stereocenters. The number of anilines is 1. The number of benzene rings is 2. The molecule has 0 radical (unpaired) electrons. The summed E-state index contributed by atoms with van der Waals surface area (Å²) in [5, 5.41) is 21.3. The highest BCUT2D eigenvalue weighted by Gasteiger charge is 2.35. The number of fused-ring (bicyclic) bond motifs is 1. The first-order valence-electron chi connectivity index (χ1n) is 10.0. The highest BCUT2D eigenvalue weighted by atomic mass is 32.1. The Morgan fingerprint density at radius 2 is 2.09 bits per heavy atom. The van der Waals surface area contributed by atoms with Crippen LogP contribution < -0.4 is 10.1 Å². The van der Waals surface area contributed by atoms with Crippen LogP contribution in [0.3, 0.4) is 0 Å². The number of hydrogen-bond acceptors (Lipinski definition) is 7. The van der Waals surface area contributed by atoms with Gasteiger partial charge in [0.25, 0.3) is 5.91 Å². The third-order valence-electron chi connectivity index (χ3n) is 4.80. The van der Waals surface area contributed by atoms with Crippen LogP contribution in [0.4, 0.5) is 18.3 Å². The monoisotopic (exact) mass is 492 g/mol. The summed E-state index contributed by atoms with van der Waals surface area (Å²) < 4.78 is 46.6. The zero-order chi connectivity index (χ0) is 24.5. The van der Waals surface area contributed by atoms with Crippen molar-refractivity contribution in [3.8, 4) is 17.1 Å². The van der Waals surface area contributed by atoms with Gasteiger partial charge in [0.2, 0.25) is 0 Å². The Labute approximate surface area is 195 Å². The lowest BCUT2D eigenvalue weighted by molar-refractivity contribution is -0.137. The van der Waals surface area contributed by atoms with Gasteiger partial charge in [-0.1, -0.05) is 6.07 Å². The van der Waals surface area contributed by atoms with E-state index in [1.165, 1.54) is 29.5 Å². The van der Waals surface area contributed by atoms with E-state index in [1.807, 2.05) is 6.92 Å². The van der Waals surface area contributed by atoms with Crippen LogP contribution in [-0.2, 0) is 6.18 Å². The Hall–Kier alpha value is -3.48. The molecular formula is C22H19F3N4O4S. The predicted molar refractivity (Wildman–Crippen MR) is 120 cm³/mol. The minimum absolute atomic E-state index is 0.0744. The number of ether oxygens (including phenoxy) is 1. The molecule has 4 aromatic rings. The third-order valence-corrected chi connectivity index (χ3v) is 5.63. The van der Waals surface area contributed by atoms with Crippen molar-refractivity contribution >= 4 is 33.4 Å². The molecule has 0 saturated carbocycles. The number of alkyl halides is 3. The van der Waals surface area contributed by atoms with Crippen LogP contribution in [-0.4, -0.2) is 50.4 Å². The number of halogens is 3. The zero-order valence-corrected chi connectivity index (χ0v) is 18.5. The Kier molecular flexibility index (Phi) is 6.55. The number of aromatic nitrogens is 3. The van der Waals surface area contributed by atoms with E-state index in [0.29, 0.717) is 10.6 Å². The largest absolute Gasteiger partial charge is 0.491 e. The van der Waals surface area contributed by atoms with Gasteiger partial charge >= 0.3 is 6.18 Å². The van der Waals surface area contributed by atoms with Crippen LogP contribution >= 0.6 is 11.3 Å². The number of hydrogen-bond donors (Lipinski definition) is 4. The van der Waals surface area contributed by atoms with E-state index in [9.17, 15) is 23.1 Å². The summed E-state index contributed by atoms with van der Waals surface area (Å²) >= 11 is 1.29. The van der Waals surface area contributed by atoms with Crippen molar-refractivity contribution in [1.29, 1.82) is 0 Å². The number of H-pyrrole nitrogens is 1. The molecule has 0 aliphatic heterocycles. The molecule has 1 unspecified atom stereocenters. The number of thiazole rings is 1. The second kappa shape index (κ2) is 9.41. The Morgan fingerprint density at radius 1 is 1.29 bits per heavy atom. The normalized spacial score (nSPS) is 12.6. The van der Waals surface area contributed by atoms with Crippen molar-refractivity contribution in [2.75, 3.05) is 18.5 Å². The van der Waals surface area contributed by atoms with Gasteiger partial charge in [0.1, 0.15) is 29.8 Å². The predicted octanol–water partition coefficient (Wildman–Crippen LogP) is 4.00. The fourth-order valence-corrected chi connectivity index (χ4v) is 3.88. The molecule has 4 N–H and O–H groups in total. The first-order valence-corrected chi connectivity index (χ1v) is 10.8. The molecule has 1 amide bonds. The number of aliphatic hydroxyl groups excluding tert-OH is 2. The molecule has 4 rings (SSSR count). The van der Waals surface area contributed by atoms with E-state index < -0.39 is 30.4 Å². The SMILES string of the molecule is Cc1cnc(NC(=O)c2cccc3[nH]c(-c4ccc(OCC(O)CO)cc4C(F)(F)F)nc23)s1. The number of para-hydroxylation sites is 1. The fourth-order valence-electron chi connectivity index (χ4n) is 3.22. The van der Waals surface area contributed by atoms with Crippen molar-refractivity contribution in [2.45, 2.75) is 19.2 Å². The Bertz CT molecular complexity index is 1340. The molecular weight excluding hydrogens is 473 g/mol. The topological polar surface area (TPSA) is 120 Å². The quantitative estimate of drug-likeness (QED) is 0.310. The van der Waals surface area contributed by atoms with Crippen molar-refractivity contribution in [2.24, 2.45) is 0 Å². The van der Waals surface area contributed by atoms with Gasteiger partial charge in [0.15, 0.2) is 5.13 Å². The van der Waals surface area contributed by atoms with Crippen LogP contribution in [0.1, 0.15) is 20.8 Å². The number of carbonyl (C=O) groups excluding carboxylic acids is 1. The first kappa shape index (κ1) is 23.7. The molecule has 178 valence electrons. The number of imidazole rings is 1. The molecule has 0 bridgehead atoms. The van der Waals surface area contributed by atoms with E-state index in [4.69, 9.17) is 9.84 Å². The van der Waals surface area contributed by atoms with Gasteiger partial charge in [-0.25, -0.2) is 9.97 Å². The van der Waals surface area contributed by atoms with E-state index in [0.717, 1.165) is 10.9 Å². The summed E-state index contributed by atoms with van der Waals surface area (Å²) in [7, 11) is 0. The number of rotatable bonds is 7. The van der Waals surface area contributed by atoms with Crippen LogP contribution in [0.15, 0.2) is 42.6 Å². The van der Waals surface area contributed by atoms with Crippen molar-refractivity contribution in [3.63, 3.8) is 0 Å². The number of nitrogens with one attached hydrogen (secondary N) is 2. The van der Waals surface area contributed by atoms with Crippen molar-refractivity contribution in [1.82, 2.24) is 15.0 Å². The lowest BCUT2D eigenvalue weighted by Crippen LogP contribution is -2.21. The number of carbonyl (C=O) groups is 1. The minimum Gasteiger partial charge on any atom is -0.491 e. The van der Waals surface area contributed by atoms with E-state index in [-0.39, 0.29) is 34.8 Å². The summed E-state index contributed by atoms with van der Waals surface area (Å²) in [6.07, 6.45) is -4.33. The van der Waals surface area contributed by atoms with E-state index in [2.05, 4.69) is 20.3 Å². The molecule has 0 aliphatic rings. The number of amides is 1. The molecule has 0 spiro atoms. The summed E-state index contributed by atoms with van der Waals surface area (Å²) in [5.41, 5.74) is -0.466. The highest BCUT2D eigenvalue weighted by molar-refractivity contribution is 7.15. The zero-order valence-electron chi connectivity index (χ0n) is 17.7. The number of aromatic amines is 1. The van der Waals surface area contributed by atoms with Crippen LogP contribution in [0.25, 0.3) is 22.4 Å². The molecule has 0 aliphatic carbocycles. The van der Waals surface area contributed by atoms with Crippen molar-refractivity contribution in [3.05, 3.63) is 58.6 Å². The highest BCUT2D eigenvalue weighted by Crippen LogP contribution is 2.39. The minimum atomic E-state index is -4.73. The maximum atomic E-state index is 13.8. The molecule has 0 fully saturated rings. The number of nitrogens with zero attached hydrogens (tertiary/aromatic N) is 2. The van der Waals surface area contributed by atoms with Gasteiger partial charge in [-0.15, -0.1) is 11.3 Å². The second-order valence-electron chi connectivity index (χ2n) is 7.37. The van der Waals surface area contributed by atoms with Crippen LogP contribution in [0.5, 0.6) is 5.75 Å². The van der Waals surface area contributed by atoms with Gasteiger partial charge in [-0.2, -0.15) is 13.2 Å². The number of aryl methyl sites for hydroxylation is 1. The van der Waals surface area contributed by atoms with Gasteiger partial charge in [0.05, 0.1) is 23.3 Å². The van der Waals surface area contributed by atoms with Gasteiger partial charge < -0.3 is 19.9 Å². The Balaban J connectivity index is 1.70. The summed E-state index contributed by atoms with van der Waals surface area (Å²) in [4.78, 5) is 24.9. The molecule has 34 heavy (non-hydrogen) atoms. The van der Waals surface area contributed by atoms with E-state index >= 15 is 0 Å². The Morgan fingerprint density at radius 3 is 2.76 bits per heavy atom. The maximum Gasteiger partial charge on any atom is 0.417 e. The van der Waals surface area contributed by atoms with E-state index in [1.54, 1.807) is 18.3 Å². The molecule has 0 saturated heterocycles. The van der Waals surface area contributed by atoms with Crippen LogP contribution in [0.2, 0.25) is 0 Å². The average Bonchev–Trinajstić information content (AvgIpc) is 3.42. The van der Waals surface area contributed by atoms with Gasteiger partial charge in [0, 0.05) is 16.6 Å². The standard InChI is InChI=1S/C22H19F3N4O4S/c1-11-8-26-21(34-11)29-20(32)15-3-2-4-17-18(15)28-19(27-17)14-6-5-13(33-10-12(31)9-30)7-16(14)22(23,24)25/h2-8,12,30-31H,9-10H2,1H3,(H,27,28)(H,26,29,32). The molecule has 2 aromatic heterocycles. The van der Waals surface area contributed by atoms with Gasteiger partial charge in [-0.05, 0) is 37.3 Å². The molecule has 12 heteroatoms. The summed E-state index contributed by atoms with van der Waals surface area (Å²) in [6.45, 7) is 0.896. The molecule has 2 heterocycles. The summed E-state index contributed by atoms with van der Waals surface area (Å²) in [6, 6.07) is 8.03. The van der Waals surface area contributed by atoms with Crippen molar-refractivity contribution < 1.29 is 32.9 Å². The van der Waals surface area contributed by atoms with Gasteiger partial charge in [-0.3, -0.25) is 10.1 Å². The average molecular weight is 492 g/mol. The second-order valence-corrected chi connectivity index (χ2v) is 8.60. The smallest absolute Gasteiger partial charge is 0.417 e. The molecule has 8 nitrogen and oxygen atoms in total. The van der Waals surface area contributed by atoms with Crippen LogP contribution in [0, 0.1) is 6.92 Å².